The molecule has 0 aliphatic heterocycles. The Bertz CT molecular complexity index is 347. The molecule has 1 aromatic rings. The van der Waals surface area contributed by atoms with Crippen LogP contribution in [0.1, 0.15) is 17.5 Å². The Balaban J connectivity index is 2.53. The predicted molar refractivity (Wildman–Crippen MR) is 52.5 cm³/mol. The van der Waals surface area contributed by atoms with Crippen LogP contribution in [0.15, 0.2) is 18.2 Å². The number of hydrogen-bond donors (Lipinski definition) is 1. The van der Waals surface area contributed by atoms with Crippen LogP contribution >= 0.6 is 0 Å². The molecule has 1 atom stereocenters. The summed E-state index contributed by atoms with van der Waals surface area (Å²) in [5, 5.41) is 0. The van der Waals surface area contributed by atoms with Crippen molar-refractivity contribution in [2.75, 3.05) is 13.7 Å². The molecule has 0 fully saturated rings. The van der Waals surface area contributed by atoms with Gasteiger partial charge in [0.25, 0.3) is 0 Å². The minimum absolute atomic E-state index is 0.144. The molecule has 0 spiro atoms. The van der Waals surface area contributed by atoms with Gasteiger partial charge in [0.1, 0.15) is 11.4 Å². The van der Waals surface area contributed by atoms with Crippen LogP contribution in [0.25, 0.3) is 0 Å². The van der Waals surface area contributed by atoms with Gasteiger partial charge < -0.3 is 10.5 Å². The van der Waals surface area contributed by atoms with Crippen LogP contribution in [-0.2, 0) is 16.8 Å². The smallest absolute Gasteiger partial charge is 0.126 e. The van der Waals surface area contributed by atoms with Crippen molar-refractivity contribution in [3.8, 4) is 0 Å². The van der Waals surface area contributed by atoms with E-state index < -0.39 is 5.60 Å². The molecule has 0 bridgehead atoms. The summed E-state index contributed by atoms with van der Waals surface area (Å²) in [5.74, 6) is -0.144. The topological polar surface area (TPSA) is 35.2 Å². The lowest BCUT2D eigenvalue weighted by atomic mass is 9.96. The van der Waals surface area contributed by atoms with E-state index in [1.807, 2.05) is 6.07 Å². The molecule has 2 rings (SSSR count). The Morgan fingerprint density at radius 1 is 1.57 bits per heavy atom. The zero-order valence-corrected chi connectivity index (χ0v) is 8.22. The molecule has 0 heterocycles. The summed E-state index contributed by atoms with van der Waals surface area (Å²) >= 11 is 0. The third kappa shape index (κ3) is 1.16. The standard InChI is InChI=1S/C11H14FNO/c1-14-11(7-13)6-5-8-9(11)3-2-4-10(8)12/h2-4H,5-7,13H2,1H3. The maximum Gasteiger partial charge on any atom is 0.126 e. The predicted octanol–water partition coefficient (Wildman–Crippen LogP) is 1.57. The molecule has 0 saturated heterocycles. The highest BCUT2D eigenvalue weighted by Crippen LogP contribution is 2.39. The van der Waals surface area contributed by atoms with Gasteiger partial charge in [0, 0.05) is 13.7 Å². The second-order valence-electron chi connectivity index (χ2n) is 3.67. The lowest BCUT2D eigenvalue weighted by Crippen LogP contribution is -2.34. The molecule has 0 saturated carbocycles. The lowest BCUT2D eigenvalue weighted by Gasteiger charge is -2.27. The Morgan fingerprint density at radius 2 is 2.36 bits per heavy atom. The summed E-state index contributed by atoms with van der Waals surface area (Å²) in [4.78, 5) is 0. The van der Waals surface area contributed by atoms with E-state index in [2.05, 4.69) is 0 Å². The first-order valence-electron chi connectivity index (χ1n) is 4.76. The number of benzene rings is 1. The van der Waals surface area contributed by atoms with Crippen molar-refractivity contribution in [3.05, 3.63) is 35.1 Å². The minimum atomic E-state index is -0.461. The van der Waals surface area contributed by atoms with Crippen molar-refractivity contribution in [3.63, 3.8) is 0 Å². The summed E-state index contributed by atoms with van der Waals surface area (Å²) < 4.78 is 18.8. The molecule has 3 heteroatoms. The Labute approximate surface area is 82.9 Å². The molecule has 1 aliphatic carbocycles. The van der Waals surface area contributed by atoms with Crippen LogP contribution in [0.4, 0.5) is 4.39 Å². The highest BCUT2D eigenvalue weighted by atomic mass is 19.1. The molecule has 1 aliphatic rings. The van der Waals surface area contributed by atoms with Gasteiger partial charge in [-0.05, 0) is 30.0 Å². The van der Waals surface area contributed by atoms with E-state index in [4.69, 9.17) is 10.5 Å². The number of hydrogen-bond acceptors (Lipinski definition) is 2. The monoisotopic (exact) mass is 195 g/mol. The van der Waals surface area contributed by atoms with Crippen LogP contribution in [-0.4, -0.2) is 13.7 Å². The number of fused-ring (bicyclic) bond motifs is 1. The van der Waals surface area contributed by atoms with Crippen LogP contribution < -0.4 is 5.73 Å². The van der Waals surface area contributed by atoms with Gasteiger partial charge in [-0.25, -0.2) is 4.39 Å². The van der Waals surface area contributed by atoms with Gasteiger partial charge in [0.2, 0.25) is 0 Å². The van der Waals surface area contributed by atoms with E-state index in [0.29, 0.717) is 13.0 Å². The quantitative estimate of drug-likeness (QED) is 0.777. The SMILES string of the molecule is COC1(CN)CCc2c(F)cccc21. The van der Waals surface area contributed by atoms with Crippen molar-refractivity contribution in [2.24, 2.45) is 5.73 Å². The van der Waals surface area contributed by atoms with Crippen LogP contribution in [0, 0.1) is 5.82 Å². The maximum atomic E-state index is 13.4. The average Bonchev–Trinajstić information content (AvgIpc) is 2.59. The van der Waals surface area contributed by atoms with Crippen molar-refractivity contribution in [1.29, 1.82) is 0 Å². The minimum Gasteiger partial charge on any atom is -0.372 e. The van der Waals surface area contributed by atoms with E-state index in [1.165, 1.54) is 6.07 Å². The molecule has 0 aromatic heterocycles. The first kappa shape index (κ1) is 9.62. The highest BCUT2D eigenvalue weighted by molar-refractivity contribution is 5.38. The second-order valence-corrected chi connectivity index (χ2v) is 3.67. The Hall–Kier alpha value is -0.930. The molecule has 1 aromatic carbocycles. The molecule has 2 N–H and O–H groups in total. The Morgan fingerprint density at radius 3 is 3.00 bits per heavy atom. The number of rotatable bonds is 2. The van der Waals surface area contributed by atoms with E-state index in [-0.39, 0.29) is 5.82 Å². The van der Waals surface area contributed by atoms with Gasteiger partial charge in [-0.1, -0.05) is 12.1 Å². The van der Waals surface area contributed by atoms with Gasteiger partial charge in [-0.3, -0.25) is 0 Å². The first-order chi connectivity index (χ1) is 6.73. The third-order valence-electron chi connectivity index (χ3n) is 3.11. The van der Waals surface area contributed by atoms with E-state index in [1.54, 1.807) is 13.2 Å². The number of nitrogens with two attached hydrogens (primary N) is 1. The largest absolute Gasteiger partial charge is 0.372 e. The summed E-state index contributed by atoms with van der Waals surface area (Å²) in [6, 6.07) is 5.10. The zero-order valence-electron chi connectivity index (χ0n) is 8.22. The van der Waals surface area contributed by atoms with Crippen LogP contribution in [0.5, 0.6) is 0 Å². The summed E-state index contributed by atoms with van der Waals surface area (Å²) in [6.45, 7) is 0.403. The van der Waals surface area contributed by atoms with Crippen LogP contribution in [0.2, 0.25) is 0 Å². The van der Waals surface area contributed by atoms with Gasteiger partial charge in [0.05, 0.1) is 0 Å². The first-order valence-corrected chi connectivity index (χ1v) is 4.76. The summed E-state index contributed by atoms with van der Waals surface area (Å²) in [6.07, 6.45) is 1.49. The molecular weight excluding hydrogens is 181 g/mol. The van der Waals surface area contributed by atoms with E-state index >= 15 is 0 Å². The van der Waals surface area contributed by atoms with Gasteiger partial charge in [-0.15, -0.1) is 0 Å². The van der Waals surface area contributed by atoms with Crippen molar-refractivity contribution >= 4 is 0 Å². The summed E-state index contributed by atoms with van der Waals surface area (Å²) in [7, 11) is 1.63. The van der Waals surface area contributed by atoms with Gasteiger partial charge >= 0.3 is 0 Å². The van der Waals surface area contributed by atoms with Crippen molar-refractivity contribution in [1.82, 2.24) is 0 Å². The number of methoxy groups -OCH3 is 1. The average molecular weight is 195 g/mol. The molecule has 0 radical (unpaired) electrons. The molecule has 0 amide bonds. The summed E-state index contributed by atoms with van der Waals surface area (Å²) in [5.41, 5.74) is 6.92. The molecule has 14 heavy (non-hydrogen) atoms. The fourth-order valence-corrected chi connectivity index (χ4v) is 2.21. The number of ether oxygens (including phenoxy) is 1. The highest BCUT2D eigenvalue weighted by Gasteiger charge is 2.38. The van der Waals surface area contributed by atoms with Gasteiger partial charge in [0.15, 0.2) is 0 Å². The fourth-order valence-electron chi connectivity index (χ4n) is 2.21. The lowest BCUT2D eigenvalue weighted by molar-refractivity contribution is -0.00516. The third-order valence-corrected chi connectivity index (χ3v) is 3.11. The molecular formula is C11H14FNO. The van der Waals surface area contributed by atoms with Crippen molar-refractivity contribution in [2.45, 2.75) is 18.4 Å². The fraction of sp³-hybridized carbons (Fsp3) is 0.455. The molecule has 2 nitrogen and oxygen atoms in total. The van der Waals surface area contributed by atoms with Crippen LogP contribution in [0.3, 0.4) is 0 Å². The Kier molecular flexibility index (Phi) is 2.29. The zero-order chi connectivity index (χ0) is 10.2. The molecule has 76 valence electrons. The van der Waals surface area contributed by atoms with E-state index in [0.717, 1.165) is 17.5 Å². The van der Waals surface area contributed by atoms with Crippen molar-refractivity contribution < 1.29 is 9.13 Å². The number of halogens is 1. The molecule has 1 unspecified atom stereocenters. The second kappa shape index (κ2) is 3.33. The maximum absolute atomic E-state index is 13.4. The van der Waals surface area contributed by atoms with E-state index in [9.17, 15) is 4.39 Å². The van der Waals surface area contributed by atoms with Gasteiger partial charge in [-0.2, -0.15) is 0 Å². The normalized spacial score (nSPS) is 25.1.